The lowest BCUT2D eigenvalue weighted by atomic mass is 10.2. The van der Waals surface area contributed by atoms with Gasteiger partial charge in [0.2, 0.25) is 0 Å². The maximum absolute atomic E-state index is 12.3. The maximum atomic E-state index is 12.3. The largest absolute Gasteiger partial charge is 0.494 e. The van der Waals surface area contributed by atoms with Gasteiger partial charge in [0.15, 0.2) is 5.82 Å². The van der Waals surface area contributed by atoms with Gasteiger partial charge in [-0.2, -0.15) is 5.10 Å². The predicted molar refractivity (Wildman–Crippen MR) is 80.3 cm³/mol. The Labute approximate surface area is 127 Å². The van der Waals surface area contributed by atoms with Gasteiger partial charge in [-0.3, -0.25) is 14.6 Å². The van der Waals surface area contributed by atoms with Gasteiger partial charge in [0.05, 0.1) is 11.5 Å². The van der Waals surface area contributed by atoms with Crippen molar-refractivity contribution in [2.75, 3.05) is 11.3 Å². The van der Waals surface area contributed by atoms with Gasteiger partial charge in [-0.15, -0.1) is 0 Å². The number of primary amides is 1. The first kappa shape index (κ1) is 15.8. The molecule has 0 aliphatic heterocycles. The Morgan fingerprint density at radius 3 is 2.68 bits per heavy atom. The Morgan fingerprint density at radius 1 is 1.41 bits per heavy atom. The van der Waals surface area contributed by atoms with Crippen molar-refractivity contribution in [1.29, 1.82) is 0 Å². The van der Waals surface area contributed by atoms with E-state index in [-0.39, 0.29) is 16.4 Å². The highest BCUT2D eigenvalue weighted by atomic mass is 32.2. The van der Waals surface area contributed by atoms with E-state index in [1.54, 1.807) is 13.0 Å². The third-order valence-electron chi connectivity index (χ3n) is 2.84. The molecule has 1 heterocycles. The molecule has 1 amide bonds. The van der Waals surface area contributed by atoms with Crippen LogP contribution in [-0.4, -0.2) is 31.1 Å². The average Bonchev–Trinajstić information content (AvgIpc) is 2.89. The number of rotatable bonds is 6. The number of aromatic nitrogens is 2. The number of ether oxygens (including phenoxy) is 1. The van der Waals surface area contributed by atoms with Crippen LogP contribution >= 0.6 is 0 Å². The van der Waals surface area contributed by atoms with E-state index >= 15 is 0 Å². The Hall–Kier alpha value is -2.55. The zero-order valence-corrected chi connectivity index (χ0v) is 12.9. The van der Waals surface area contributed by atoms with Crippen molar-refractivity contribution < 1.29 is 17.9 Å². The molecule has 0 radical (unpaired) electrons. The second-order valence-corrected chi connectivity index (χ2v) is 6.18. The van der Waals surface area contributed by atoms with Gasteiger partial charge in [-0.25, -0.2) is 8.42 Å². The summed E-state index contributed by atoms with van der Waals surface area (Å²) in [5, 5.41) is 6.02. The zero-order chi connectivity index (χ0) is 16.3. The number of hydrogen-bond acceptors (Lipinski definition) is 5. The molecule has 22 heavy (non-hydrogen) atoms. The number of anilines is 1. The lowest BCUT2D eigenvalue weighted by Gasteiger charge is -2.10. The number of nitrogens with two attached hydrogens (primary N) is 1. The van der Waals surface area contributed by atoms with E-state index in [1.165, 1.54) is 18.2 Å². The van der Waals surface area contributed by atoms with Crippen LogP contribution in [0, 0.1) is 6.92 Å². The molecule has 2 aromatic rings. The summed E-state index contributed by atoms with van der Waals surface area (Å²) in [6, 6.07) is 5.74. The quantitative estimate of drug-likeness (QED) is 0.731. The Kier molecular flexibility index (Phi) is 4.36. The van der Waals surface area contributed by atoms with Gasteiger partial charge in [0.25, 0.3) is 15.9 Å². The second-order valence-electron chi connectivity index (χ2n) is 4.50. The number of benzene rings is 1. The summed E-state index contributed by atoms with van der Waals surface area (Å²) < 4.78 is 32.2. The minimum absolute atomic E-state index is 0.0136. The van der Waals surface area contributed by atoms with Crippen molar-refractivity contribution >= 4 is 21.7 Å². The van der Waals surface area contributed by atoms with E-state index < -0.39 is 15.9 Å². The van der Waals surface area contributed by atoms with Gasteiger partial charge >= 0.3 is 0 Å². The normalized spacial score (nSPS) is 11.2. The van der Waals surface area contributed by atoms with E-state index in [4.69, 9.17) is 10.5 Å². The van der Waals surface area contributed by atoms with Gasteiger partial charge < -0.3 is 10.5 Å². The number of hydrogen-bond donors (Lipinski definition) is 3. The molecule has 4 N–H and O–H groups in total. The summed E-state index contributed by atoms with van der Waals surface area (Å²) in [7, 11) is -3.82. The number of sulfonamides is 1. The molecule has 0 spiro atoms. The molecule has 0 fully saturated rings. The Balaban J connectivity index is 2.26. The van der Waals surface area contributed by atoms with Crippen molar-refractivity contribution in [3.8, 4) is 5.75 Å². The first-order valence-corrected chi connectivity index (χ1v) is 7.93. The van der Waals surface area contributed by atoms with Gasteiger partial charge in [0, 0.05) is 6.07 Å². The number of nitrogens with one attached hydrogen (secondary N) is 2. The molecule has 1 aromatic carbocycles. The zero-order valence-electron chi connectivity index (χ0n) is 12.1. The number of carbonyl (C=O) groups excluding carboxylic acids is 1. The van der Waals surface area contributed by atoms with Crippen molar-refractivity contribution in [3.05, 3.63) is 35.5 Å². The molecule has 0 saturated heterocycles. The van der Waals surface area contributed by atoms with Crippen LogP contribution in [0.15, 0.2) is 29.2 Å². The van der Waals surface area contributed by atoms with Crippen molar-refractivity contribution in [1.82, 2.24) is 10.2 Å². The highest BCUT2D eigenvalue weighted by molar-refractivity contribution is 7.92. The molecule has 2 rings (SSSR count). The van der Waals surface area contributed by atoms with Gasteiger partial charge in [0.1, 0.15) is 11.4 Å². The van der Waals surface area contributed by atoms with E-state index in [0.29, 0.717) is 17.9 Å². The molecule has 0 aliphatic rings. The summed E-state index contributed by atoms with van der Waals surface area (Å²) in [5.74, 6) is -0.118. The molecule has 0 unspecified atom stereocenters. The smallest absolute Gasteiger partial charge is 0.266 e. The lowest BCUT2D eigenvalue weighted by Crippen LogP contribution is -2.13. The third kappa shape index (κ3) is 3.37. The topological polar surface area (TPSA) is 127 Å². The van der Waals surface area contributed by atoms with Crippen LogP contribution in [0.3, 0.4) is 0 Å². The SMILES string of the molecule is CCOc1ccc(S(=O)(=O)Nc2cc(C(N)=O)[nH]n2)cc1C. The van der Waals surface area contributed by atoms with Gasteiger partial charge in [-0.05, 0) is 37.6 Å². The molecular formula is C13H16N4O4S. The summed E-state index contributed by atoms with van der Waals surface area (Å²) in [6.07, 6.45) is 0. The number of amides is 1. The number of H-pyrrole nitrogens is 1. The molecule has 9 heteroatoms. The van der Waals surface area contributed by atoms with E-state index in [9.17, 15) is 13.2 Å². The van der Waals surface area contributed by atoms with Crippen LogP contribution in [-0.2, 0) is 10.0 Å². The summed E-state index contributed by atoms with van der Waals surface area (Å²) in [6.45, 7) is 4.09. The molecule has 8 nitrogen and oxygen atoms in total. The number of carbonyl (C=O) groups is 1. The minimum Gasteiger partial charge on any atom is -0.494 e. The third-order valence-corrected chi connectivity index (χ3v) is 4.19. The van der Waals surface area contributed by atoms with Crippen LogP contribution < -0.4 is 15.2 Å². The first-order valence-electron chi connectivity index (χ1n) is 6.45. The highest BCUT2D eigenvalue weighted by Crippen LogP contribution is 2.23. The molecular weight excluding hydrogens is 308 g/mol. The molecule has 0 saturated carbocycles. The van der Waals surface area contributed by atoms with Crippen molar-refractivity contribution in [2.24, 2.45) is 5.73 Å². The molecule has 0 bridgehead atoms. The average molecular weight is 324 g/mol. The van der Waals surface area contributed by atoms with Crippen LogP contribution in [0.5, 0.6) is 5.75 Å². The Morgan fingerprint density at radius 2 is 2.14 bits per heavy atom. The van der Waals surface area contributed by atoms with Gasteiger partial charge in [-0.1, -0.05) is 0 Å². The fourth-order valence-electron chi connectivity index (χ4n) is 1.80. The highest BCUT2D eigenvalue weighted by Gasteiger charge is 2.18. The molecule has 0 aliphatic carbocycles. The van der Waals surface area contributed by atoms with Crippen LogP contribution in [0.2, 0.25) is 0 Å². The fourth-order valence-corrected chi connectivity index (χ4v) is 2.88. The first-order chi connectivity index (χ1) is 10.3. The summed E-state index contributed by atoms with van der Waals surface area (Å²) >= 11 is 0. The number of nitrogens with zero attached hydrogens (tertiary/aromatic N) is 1. The van der Waals surface area contributed by atoms with Crippen LogP contribution in [0.1, 0.15) is 23.0 Å². The van der Waals surface area contributed by atoms with Crippen molar-refractivity contribution in [3.63, 3.8) is 0 Å². The predicted octanol–water partition coefficient (Wildman–Crippen LogP) is 1.02. The Bertz CT molecular complexity index is 798. The van der Waals surface area contributed by atoms with E-state index in [1.807, 2.05) is 6.92 Å². The maximum Gasteiger partial charge on any atom is 0.266 e. The standard InChI is InChI=1S/C13H16N4O4S/c1-3-21-11-5-4-9(6-8(11)2)22(19,20)17-12-7-10(13(14)18)15-16-12/h4-7H,3H2,1-2H3,(H2,14,18)(H2,15,16,17). The monoisotopic (exact) mass is 324 g/mol. The number of aromatic amines is 1. The van der Waals surface area contributed by atoms with E-state index in [0.717, 1.165) is 0 Å². The second kappa shape index (κ2) is 6.06. The van der Waals surface area contributed by atoms with Crippen LogP contribution in [0.25, 0.3) is 0 Å². The van der Waals surface area contributed by atoms with Crippen molar-refractivity contribution in [2.45, 2.75) is 18.7 Å². The molecule has 0 atom stereocenters. The van der Waals surface area contributed by atoms with E-state index in [2.05, 4.69) is 14.9 Å². The summed E-state index contributed by atoms with van der Waals surface area (Å²) in [5.41, 5.74) is 5.78. The lowest BCUT2D eigenvalue weighted by molar-refractivity contribution is 0.0995. The number of aryl methyl sites for hydroxylation is 1. The van der Waals surface area contributed by atoms with Crippen LogP contribution in [0.4, 0.5) is 5.82 Å². The molecule has 118 valence electrons. The minimum atomic E-state index is -3.82. The fraction of sp³-hybridized carbons (Fsp3) is 0.231. The summed E-state index contributed by atoms with van der Waals surface area (Å²) in [4.78, 5) is 11.0. The molecule has 1 aromatic heterocycles.